The number of hydrogen-bond acceptors (Lipinski definition) is 5. The van der Waals surface area contributed by atoms with Crippen molar-refractivity contribution < 1.29 is 9.47 Å². The first-order valence-electron chi connectivity index (χ1n) is 11.5. The number of ether oxygens (including phenoxy) is 2. The molecule has 0 atom stereocenters. The van der Waals surface area contributed by atoms with Crippen molar-refractivity contribution in [2.45, 2.75) is 61.3 Å². The summed E-state index contributed by atoms with van der Waals surface area (Å²) in [4.78, 5) is 7.20. The van der Waals surface area contributed by atoms with E-state index in [-0.39, 0.29) is 0 Å². The molecule has 0 fully saturated rings. The Morgan fingerprint density at radius 3 is 2.12 bits per heavy atom. The molecule has 2 aromatic rings. The molecular weight excluding hydrogens is 400 g/mol. The number of aromatic nitrogens is 3. The van der Waals surface area contributed by atoms with Crippen LogP contribution in [-0.2, 0) is 9.47 Å². The minimum atomic E-state index is 0.838. The molecule has 0 N–H and O–H groups in total. The van der Waals surface area contributed by atoms with Crippen LogP contribution in [0.4, 0.5) is 5.82 Å². The number of hydrogen-bond donors (Lipinski definition) is 0. The van der Waals surface area contributed by atoms with Crippen LogP contribution in [-0.4, -0.2) is 49.0 Å². The van der Waals surface area contributed by atoms with Crippen molar-refractivity contribution in [1.29, 1.82) is 0 Å². The lowest BCUT2D eigenvalue weighted by Gasteiger charge is -2.24. The predicted molar refractivity (Wildman–Crippen MR) is 138 cm³/mol. The smallest absolute Gasteiger partial charge is 0.165 e. The third-order valence-corrected chi connectivity index (χ3v) is 4.51. The van der Waals surface area contributed by atoms with Gasteiger partial charge in [-0.1, -0.05) is 46.4 Å². The maximum Gasteiger partial charge on any atom is 0.165 e. The Hall–Kier alpha value is -2.60. The van der Waals surface area contributed by atoms with E-state index in [2.05, 4.69) is 36.1 Å². The highest BCUT2D eigenvalue weighted by molar-refractivity contribution is 5.84. The number of rotatable bonds is 9. The number of anilines is 1. The van der Waals surface area contributed by atoms with E-state index in [0.717, 1.165) is 65.7 Å². The van der Waals surface area contributed by atoms with Crippen LogP contribution >= 0.6 is 0 Å². The summed E-state index contributed by atoms with van der Waals surface area (Å²) in [5, 5.41) is 4.83. The molecule has 0 saturated carbocycles. The molecule has 0 aromatic carbocycles. The minimum absolute atomic E-state index is 0.838. The molecule has 6 heteroatoms. The van der Waals surface area contributed by atoms with Crippen LogP contribution in [0.5, 0.6) is 0 Å². The first-order chi connectivity index (χ1) is 15.4. The second kappa shape index (κ2) is 16.1. The Balaban J connectivity index is 0.00000177. The zero-order valence-corrected chi connectivity index (χ0v) is 22.0. The van der Waals surface area contributed by atoms with Crippen molar-refractivity contribution in [3.63, 3.8) is 0 Å². The fourth-order valence-electron chi connectivity index (χ4n) is 3.20. The van der Waals surface area contributed by atoms with Gasteiger partial charge in [-0.05, 0) is 45.3 Å². The molecule has 0 spiro atoms. The lowest BCUT2D eigenvalue weighted by molar-refractivity contribution is 0.277. The molecule has 0 saturated heterocycles. The maximum atomic E-state index is 5.24. The van der Waals surface area contributed by atoms with E-state index in [1.807, 2.05) is 57.4 Å². The fraction of sp³-hybridized carbons (Fsp3) is 0.538. The summed E-state index contributed by atoms with van der Waals surface area (Å²) < 4.78 is 11.5. The van der Waals surface area contributed by atoms with Gasteiger partial charge in [-0.25, -0.2) is 4.98 Å². The molecular formula is C26H44N4O2. The van der Waals surface area contributed by atoms with Gasteiger partial charge in [0, 0.05) is 44.6 Å². The Bertz CT molecular complexity index is 876. The summed E-state index contributed by atoms with van der Waals surface area (Å²) in [7, 11) is 4.92. The van der Waals surface area contributed by atoms with Gasteiger partial charge < -0.3 is 14.4 Å². The number of methoxy groups -OCH3 is 2. The number of nitrogens with zero attached hydrogens (tertiary/aromatic N) is 4. The number of allylic oxidation sites excluding steroid dienone is 5. The highest BCUT2D eigenvalue weighted by atomic mass is 16.5. The van der Waals surface area contributed by atoms with E-state index in [1.165, 1.54) is 0 Å². The minimum Gasteiger partial charge on any atom is -0.501 e. The molecule has 0 aliphatic heterocycles. The van der Waals surface area contributed by atoms with Crippen LogP contribution in [0.25, 0.3) is 11.2 Å². The van der Waals surface area contributed by atoms with Crippen molar-refractivity contribution >= 4 is 17.0 Å². The Kier molecular flexibility index (Phi) is 14.8. The summed E-state index contributed by atoms with van der Waals surface area (Å²) in [6.45, 7) is 20.4. The summed E-state index contributed by atoms with van der Waals surface area (Å²) in [5.41, 5.74) is 4.80. The van der Waals surface area contributed by atoms with Gasteiger partial charge in [-0.15, -0.1) is 0 Å². The summed E-state index contributed by atoms with van der Waals surface area (Å²) in [5.74, 6) is 1.94. The quantitative estimate of drug-likeness (QED) is 0.332. The van der Waals surface area contributed by atoms with Crippen LogP contribution in [0.2, 0.25) is 0 Å². The van der Waals surface area contributed by atoms with E-state index >= 15 is 0 Å². The molecule has 0 unspecified atom stereocenters. The highest BCUT2D eigenvalue weighted by Gasteiger charge is 2.18. The van der Waals surface area contributed by atoms with E-state index in [4.69, 9.17) is 14.8 Å². The topological polar surface area (TPSA) is 51.9 Å². The Labute approximate surface area is 195 Å². The third-order valence-electron chi connectivity index (χ3n) is 4.51. The van der Waals surface area contributed by atoms with Crippen LogP contribution in [0.1, 0.15) is 64.4 Å². The zero-order chi connectivity index (χ0) is 24.7. The lowest BCUT2D eigenvalue weighted by atomic mass is 10.1. The van der Waals surface area contributed by atoms with Gasteiger partial charge in [0.15, 0.2) is 5.65 Å². The standard InChI is InChI=1S/C22H32N4O.C2H6O.C2H6/c1-8-13-25(14-9-2)20-15-16(4)23-22-21(18(6)24-26(20)22)19(10-3)12-11-17(5)27-7;1-3-2;1-2/h10-12,15H,3,8-9,13-14H2,1-2,4-7H3;1-2H3;1-2H3/b17-11+,19-12+;;. The van der Waals surface area contributed by atoms with E-state index in [1.54, 1.807) is 21.3 Å². The summed E-state index contributed by atoms with van der Waals surface area (Å²) in [6, 6.07) is 2.13. The van der Waals surface area contributed by atoms with E-state index in [9.17, 15) is 0 Å². The molecule has 6 nitrogen and oxygen atoms in total. The molecule has 2 aromatic heterocycles. The largest absolute Gasteiger partial charge is 0.501 e. The van der Waals surface area contributed by atoms with Crippen LogP contribution in [0.3, 0.4) is 0 Å². The monoisotopic (exact) mass is 444 g/mol. The molecule has 180 valence electrons. The molecule has 0 aliphatic carbocycles. The van der Waals surface area contributed by atoms with Gasteiger partial charge in [0.25, 0.3) is 0 Å². The molecule has 2 rings (SSSR count). The average Bonchev–Trinajstić information content (AvgIpc) is 3.11. The van der Waals surface area contributed by atoms with Gasteiger partial charge in [0.05, 0.1) is 18.6 Å². The molecule has 0 bridgehead atoms. The van der Waals surface area contributed by atoms with Gasteiger partial charge >= 0.3 is 0 Å². The first kappa shape index (κ1) is 29.4. The van der Waals surface area contributed by atoms with E-state index in [0.29, 0.717) is 0 Å². The number of fused-ring (bicyclic) bond motifs is 1. The van der Waals surface area contributed by atoms with Gasteiger partial charge in [-0.2, -0.15) is 9.61 Å². The van der Waals surface area contributed by atoms with Crippen LogP contribution in [0.15, 0.2) is 36.6 Å². The predicted octanol–water partition coefficient (Wildman–Crippen LogP) is 6.38. The third kappa shape index (κ3) is 8.15. The molecule has 0 amide bonds. The first-order valence-corrected chi connectivity index (χ1v) is 11.5. The van der Waals surface area contributed by atoms with Gasteiger partial charge in [0.2, 0.25) is 0 Å². The van der Waals surface area contributed by atoms with Crippen LogP contribution in [0, 0.1) is 13.8 Å². The molecule has 0 radical (unpaired) electrons. The summed E-state index contributed by atoms with van der Waals surface area (Å²) in [6.07, 6.45) is 7.99. The van der Waals surface area contributed by atoms with Crippen molar-refractivity contribution in [3.05, 3.63) is 53.6 Å². The van der Waals surface area contributed by atoms with Crippen molar-refractivity contribution in [3.8, 4) is 0 Å². The maximum absolute atomic E-state index is 5.24. The molecule has 0 aliphatic rings. The highest BCUT2D eigenvalue weighted by Crippen LogP contribution is 2.28. The fourth-order valence-corrected chi connectivity index (χ4v) is 3.20. The van der Waals surface area contributed by atoms with Crippen molar-refractivity contribution in [2.24, 2.45) is 0 Å². The van der Waals surface area contributed by atoms with Crippen LogP contribution < -0.4 is 4.90 Å². The van der Waals surface area contributed by atoms with Crippen molar-refractivity contribution in [1.82, 2.24) is 14.6 Å². The summed E-state index contributed by atoms with van der Waals surface area (Å²) >= 11 is 0. The second-order valence-corrected chi connectivity index (χ2v) is 7.15. The van der Waals surface area contributed by atoms with Gasteiger partial charge in [-0.3, -0.25) is 0 Å². The SMILES string of the molecule is C=C/C(=C\C=C(/C)OC)c1c(C)nn2c(N(CCC)CCC)cc(C)nc12.CC.COC. The molecule has 2 heterocycles. The number of aryl methyl sites for hydroxylation is 2. The normalized spacial score (nSPS) is 11.3. The van der Waals surface area contributed by atoms with Gasteiger partial charge in [0.1, 0.15) is 5.82 Å². The molecule has 32 heavy (non-hydrogen) atoms. The van der Waals surface area contributed by atoms with Crippen molar-refractivity contribution in [2.75, 3.05) is 39.3 Å². The average molecular weight is 445 g/mol. The Morgan fingerprint density at radius 2 is 1.66 bits per heavy atom. The zero-order valence-electron chi connectivity index (χ0n) is 22.0. The second-order valence-electron chi connectivity index (χ2n) is 7.15. The lowest BCUT2D eigenvalue weighted by Crippen LogP contribution is -2.27. The van der Waals surface area contributed by atoms with E-state index < -0.39 is 0 Å². The Morgan fingerprint density at radius 1 is 1.09 bits per heavy atom.